The molecule has 0 aliphatic carbocycles. The Morgan fingerprint density at radius 3 is 2.38 bits per heavy atom. The van der Waals surface area contributed by atoms with Gasteiger partial charge in [-0.25, -0.2) is 8.78 Å². The van der Waals surface area contributed by atoms with Gasteiger partial charge in [-0.2, -0.15) is 13.2 Å². The predicted molar refractivity (Wildman–Crippen MR) is 34.1 cm³/mol. The van der Waals surface area contributed by atoms with Gasteiger partial charge in [0, 0.05) is 6.20 Å². The third-order valence-corrected chi connectivity index (χ3v) is 1.31. The van der Waals surface area contributed by atoms with Gasteiger partial charge in [0.15, 0.2) is 0 Å². The monoisotopic (exact) mass is 197 g/mol. The van der Waals surface area contributed by atoms with Gasteiger partial charge >= 0.3 is 6.18 Å². The van der Waals surface area contributed by atoms with Crippen LogP contribution in [0.3, 0.4) is 0 Å². The van der Waals surface area contributed by atoms with E-state index in [0.29, 0.717) is 0 Å². The summed E-state index contributed by atoms with van der Waals surface area (Å²) in [6, 6.07) is 1.81. The minimum atomic E-state index is -5.12. The summed E-state index contributed by atoms with van der Waals surface area (Å²) in [5.41, 5.74) is -1.23. The van der Waals surface area contributed by atoms with E-state index in [9.17, 15) is 22.0 Å². The van der Waals surface area contributed by atoms with Crippen LogP contribution >= 0.6 is 0 Å². The first-order chi connectivity index (χ1) is 5.93. The molecule has 1 aromatic rings. The zero-order valence-corrected chi connectivity index (χ0v) is 6.15. The average Bonchev–Trinajstić information content (AvgIpc) is 2.02. The molecule has 0 N–H and O–H groups in total. The molecule has 0 bridgehead atoms. The fourth-order valence-corrected chi connectivity index (χ4v) is 0.739. The van der Waals surface area contributed by atoms with Crippen LogP contribution in [-0.4, -0.2) is 11.2 Å². The van der Waals surface area contributed by atoms with Gasteiger partial charge in [0.05, 0.1) is 0 Å². The van der Waals surface area contributed by atoms with Gasteiger partial charge in [0.25, 0.3) is 0 Å². The molecule has 0 fully saturated rings. The van der Waals surface area contributed by atoms with E-state index in [-0.39, 0.29) is 0 Å². The molecule has 1 atom stereocenters. The lowest BCUT2D eigenvalue weighted by molar-refractivity contribution is -0.184. The number of rotatable bonds is 1. The maximum absolute atomic E-state index is 12.6. The van der Waals surface area contributed by atoms with Gasteiger partial charge in [-0.15, -0.1) is 0 Å². The molecule has 1 aromatic heterocycles. The van der Waals surface area contributed by atoms with Crippen molar-refractivity contribution in [2.45, 2.75) is 12.3 Å². The predicted octanol–water partition coefficient (Wildman–Crippen LogP) is 2.79. The summed E-state index contributed by atoms with van der Waals surface area (Å²) in [4.78, 5) is 2.97. The van der Waals surface area contributed by atoms with Gasteiger partial charge in [-0.05, 0) is 12.1 Å². The minimum absolute atomic E-state index is 0.723. The summed E-state index contributed by atoms with van der Waals surface area (Å²) >= 11 is 0. The van der Waals surface area contributed by atoms with Crippen LogP contribution in [0.4, 0.5) is 22.0 Å². The second-order valence-electron chi connectivity index (χ2n) is 2.27. The Kier molecular flexibility index (Phi) is 2.49. The van der Waals surface area contributed by atoms with E-state index < -0.39 is 23.9 Å². The van der Waals surface area contributed by atoms with Crippen LogP contribution in [0.25, 0.3) is 0 Å². The van der Waals surface area contributed by atoms with Gasteiger partial charge in [0.1, 0.15) is 11.5 Å². The topological polar surface area (TPSA) is 12.9 Å². The van der Waals surface area contributed by atoms with Crippen molar-refractivity contribution < 1.29 is 22.0 Å². The minimum Gasteiger partial charge on any atom is -0.255 e. The molecule has 1 rings (SSSR count). The third kappa shape index (κ3) is 2.13. The Morgan fingerprint density at radius 2 is 1.92 bits per heavy atom. The van der Waals surface area contributed by atoms with Crippen LogP contribution in [-0.2, 0) is 0 Å². The van der Waals surface area contributed by atoms with Gasteiger partial charge in [-0.1, -0.05) is 0 Å². The van der Waals surface area contributed by atoms with Crippen molar-refractivity contribution in [2.75, 3.05) is 0 Å². The Hall–Kier alpha value is -1.20. The zero-order chi connectivity index (χ0) is 10.1. The van der Waals surface area contributed by atoms with E-state index in [1.807, 2.05) is 0 Å². The number of hydrogen-bond donors (Lipinski definition) is 0. The molecule has 0 amide bonds. The Morgan fingerprint density at radius 1 is 1.31 bits per heavy atom. The molecule has 0 spiro atoms. The average molecular weight is 197 g/mol. The van der Waals surface area contributed by atoms with Crippen LogP contribution in [0.5, 0.6) is 0 Å². The molecule has 0 saturated carbocycles. The van der Waals surface area contributed by atoms with Crippen LogP contribution in [0.2, 0.25) is 0 Å². The highest BCUT2D eigenvalue weighted by Gasteiger charge is 2.43. The Labute approximate surface area is 70.2 Å². The van der Waals surface area contributed by atoms with Crippen LogP contribution in [0.1, 0.15) is 11.9 Å². The summed E-state index contributed by atoms with van der Waals surface area (Å²) in [7, 11) is 0. The molecule has 0 radical (unpaired) electrons. The van der Waals surface area contributed by atoms with Crippen molar-refractivity contribution in [3.63, 3.8) is 0 Å². The molecule has 0 aliphatic heterocycles. The molecule has 13 heavy (non-hydrogen) atoms. The summed E-state index contributed by atoms with van der Waals surface area (Å²) in [6.07, 6.45) is -7.58. The first-order valence-corrected chi connectivity index (χ1v) is 3.24. The first-order valence-electron chi connectivity index (χ1n) is 3.24. The van der Waals surface area contributed by atoms with Crippen LogP contribution in [0, 0.1) is 5.82 Å². The summed E-state index contributed by atoms with van der Waals surface area (Å²) in [5.74, 6) is -1.30. The molecule has 6 heteroatoms. The SMILES string of the molecule is Fc1cccnc1C(F)C(F)(F)F. The van der Waals surface area contributed by atoms with Crippen LogP contribution in [0.15, 0.2) is 18.3 Å². The maximum Gasteiger partial charge on any atom is 0.425 e. The molecular weight excluding hydrogens is 193 g/mol. The quantitative estimate of drug-likeness (QED) is 0.631. The molecule has 0 aliphatic rings. The van der Waals surface area contributed by atoms with Gasteiger partial charge < -0.3 is 0 Å². The number of pyridine rings is 1. The molecular formula is C7H4F5N. The van der Waals surface area contributed by atoms with E-state index in [0.717, 1.165) is 18.3 Å². The number of alkyl halides is 4. The van der Waals surface area contributed by atoms with Crippen molar-refractivity contribution in [2.24, 2.45) is 0 Å². The Bertz CT molecular complexity index is 295. The number of hydrogen-bond acceptors (Lipinski definition) is 1. The highest BCUT2D eigenvalue weighted by molar-refractivity contribution is 5.11. The van der Waals surface area contributed by atoms with E-state index in [1.165, 1.54) is 0 Å². The Balaban J connectivity index is 3.02. The standard InChI is InChI=1S/C7H4F5N/c8-4-2-1-3-13-5(4)6(9)7(10,11)12/h1-3,6H. The number of aromatic nitrogens is 1. The number of nitrogens with zero attached hydrogens (tertiary/aromatic N) is 1. The normalized spacial score (nSPS) is 14.2. The van der Waals surface area contributed by atoms with Crippen molar-refractivity contribution in [1.29, 1.82) is 0 Å². The second-order valence-corrected chi connectivity index (χ2v) is 2.27. The highest BCUT2D eigenvalue weighted by atomic mass is 19.4. The lowest BCUT2D eigenvalue weighted by Gasteiger charge is -2.11. The molecule has 1 heterocycles. The molecule has 72 valence electrons. The van der Waals surface area contributed by atoms with Crippen molar-refractivity contribution >= 4 is 0 Å². The molecule has 1 unspecified atom stereocenters. The third-order valence-electron chi connectivity index (χ3n) is 1.31. The van der Waals surface area contributed by atoms with E-state index in [4.69, 9.17) is 0 Å². The summed E-state index contributed by atoms with van der Waals surface area (Å²) < 4.78 is 60.2. The number of halogens is 5. The molecule has 0 saturated heterocycles. The highest BCUT2D eigenvalue weighted by Crippen LogP contribution is 2.35. The zero-order valence-electron chi connectivity index (χ0n) is 6.15. The molecule has 0 aromatic carbocycles. The van der Waals surface area contributed by atoms with Gasteiger partial charge in [0.2, 0.25) is 6.17 Å². The summed E-state index contributed by atoms with van der Waals surface area (Å²) in [6.45, 7) is 0. The fourth-order valence-electron chi connectivity index (χ4n) is 0.739. The van der Waals surface area contributed by atoms with E-state index in [2.05, 4.69) is 4.98 Å². The lowest BCUT2D eigenvalue weighted by Crippen LogP contribution is -2.18. The van der Waals surface area contributed by atoms with E-state index in [1.54, 1.807) is 0 Å². The molecule has 1 nitrogen and oxygen atoms in total. The fraction of sp³-hybridized carbons (Fsp3) is 0.286. The summed E-state index contributed by atoms with van der Waals surface area (Å²) in [5, 5.41) is 0. The van der Waals surface area contributed by atoms with Gasteiger partial charge in [-0.3, -0.25) is 4.98 Å². The van der Waals surface area contributed by atoms with Crippen molar-refractivity contribution in [3.05, 3.63) is 29.8 Å². The first kappa shape index (κ1) is 9.88. The lowest BCUT2D eigenvalue weighted by atomic mass is 10.2. The van der Waals surface area contributed by atoms with Crippen molar-refractivity contribution in [3.8, 4) is 0 Å². The van der Waals surface area contributed by atoms with Crippen molar-refractivity contribution in [1.82, 2.24) is 4.98 Å². The smallest absolute Gasteiger partial charge is 0.255 e. The second kappa shape index (κ2) is 3.27. The largest absolute Gasteiger partial charge is 0.425 e. The maximum atomic E-state index is 12.6. The van der Waals surface area contributed by atoms with Crippen LogP contribution < -0.4 is 0 Å². The van der Waals surface area contributed by atoms with E-state index >= 15 is 0 Å².